The molecule has 2 nitrogen and oxygen atoms in total. The molecule has 2 aromatic carbocycles. The highest BCUT2D eigenvalue weighted by Gasteiger charge is 2.21. The molecule has 0 atom stereocenters. The molecule has 0 N–H and O–H groups in total. The average molecular weight is 326 g/mol. The Morgan fingerprint density at radius 1 is 0.958 bits per heavy atom. The van der Waals surface area contributed by atoms with Gasteiger partial charge in [0.2, 0.25) is 0 Å². The summed E-state index contributed by atoms with van der Waals surface area (Å²) in [6.07, 6.45) is 1.67. The summed E-state index contributed by atoms with van der Waals surface area (Å²) in [5, 5.41) is 1.28. The maximum Gasteiger partial charge on any atom is 0.159 e. The molecule has 1 aromatic heterocycles. The van der Waals surface area contributed by atoms with E-state index in [1.54, 1.807) is 6.07 Å². The van der Waals surface area contributed by atoms with Crippen molar-refractivity contribution in [2.75, 3.05) is 13.6 Å². The lowest BCUT2D eigenvalue weighted by molar-refractivity contribution is 0.310. The van der Waals surface area contributed by atoms with Crippen molar-refractivity contribution in [3.8, 4) is 0 Å². The van der Waals surface area contributed by atoms with Crippen molar-refractivity contribution >= 4 is 10.9 Å². The minimum atomic E-state index is -0.797. The fourth-order valence-corrected chi connectivity index (χ4v) is 3.76. The molecule has 0 saturated heterocycles. The van der Waals surface area contributed by atoms with Crippen molar-refractivity contribution < 1.29 is 8.78 Å². The molecule has 4 heteroatoms. The molecule has 0 amide bonds. The molecule has 1 aliphatic rings. The minimum absolute atomic E-state index is 0.604. The second-order valence-corrected chi connectivity index (χ2v) is 6.75. The zero-order valence-corrected chi connectivity index (χ0v) is 13.9. The molecule has 0 unspecified atom stereocenters. The summed E-state index contributed by atoms with van der Waals surface area (Å²) < 4.78 is 28.8. The van der Waals surface area contributed by atoms with Gasteiger partial charge in [-0.05, 0) is 54.4 Å². The molecule has 0 saturated carbocycles. The third-order valence-corrected chi connectivity index (χ3v) is 5.05. The molecular formula is C20H20F2N2. The largest absolute Gasteiger partial charge is 0.347 e. The van der Waals surface area contributed by atoms with Gasteiger partial charge >= 0.3 is 0 Å². The minimum Gasteiger partial charge on any atom is -0.347 e. The molecule has 0 aliphatic carbocycles. The Hall–Kier alpha value is -2.20. The average Bonchev–Trinajstić information content (AvgIpc) is 2.83. The maximum atomic E-state index is 13.4. The summed E-state index contributed by atoms with van der Waals surface area (Å²) in [4.78, 5) is 2.34. The second-order valence-electron chi connectivity index (χ2n) is 6.75. The number of halogens is 2. The number of aromatic nitrogens is 1. The fraction of sp³-hybridized carbons (Fsp3) is 0.300. The first kappa shape index (κ1) is 15.3. The number of hydrogen-bond acceptors (Lipinski definition) is 1. The maximum absolute atomic E-state index is 13.4. The Morgan fingerprint density at radius 2 is 1.71 bits per heavy atom. The Labute approximate surface area is 140 Å². The first-order valence-electron chi connectivity index (χ1n) is 8.24. The topological polar surface area (TPSA) is 8.17 Å². The molecular weight excluding hydrogens is 306 g/mol. The third kappa shape index (κ3) is 2.51. The van der Waals surface area contributed by atoms with E-state index in [-0.39, 0.29) is 0 Å². The van der Waals surface area contributed by atoms with Crippen LogP contribution in [0.4, 0.5) is 8.78 Å². The summed E-state index contributed by atoms with van der Waals surface area (Å²) in [6.45, 7) is 2.04. The highest BCUT2D eigenvalue weighted by molar-refractivity contribution is 5.86. The number of nitrogens with zero attached hydrogens (tertiary/aromatic N) is 2. The Kier molecular flexibility index (Phi) is 3.65. The lowest BCUT2D eigenvalue weighted by Crippen LogP contribution is -2.26. The highest BCUT2D eigenvalue weighted by atomic mass is 19.2. The number of likely N-dealkylation sites (N-methyl/N-ethyl adjacent to an activating group) is 1. The summed E-state index contributed by atoms with van der Waals surface area (Å²) in [5.41, 5.74) is 5.95. The van der Waals surface area contributed by atoms with Gasteiger partial charge in [-0.1, -0.05) is 12.1 Å². The van der Waals surface area contributed by atoms with E-state index in [4.69, 9.17) is 0 Å². The predicted octanol–water partition coefficient (Wildman–Crippen LogP) is 4.04. The van der Waals surface area contributed by atoms with Gasteiger partial charge in [0.05, 0.1) is 0 Å². The standard InChI is InChI=1S/C20H20F2N2/c1-23-8-7-20-16(12-23)15-10-13(4-6-19(15)24(20)2)9-14-3-5-17(21)18(22)11-14/h3-6,10-11H,7-9,12H2,1-2H3. The van der Waals surface area contributed by atoms with Gasteiger partial charge in [-0.3, -0.25) is 0 Å². The van der Waals surface area contributed by atoms with E-state index < -0.39 is 11.6 Å². The number of aryl methyl sites for hydroxylation is 1. The zero-order chi connectivity index (χ0) is 16.8. The number of benzene rings is 2. The molecule has 0 fully saturated rings. The van der Waals surface area contributed by atoms with Crippen LogP contribution in [0.2, 0.25) is 0 Å². The molecule has 0 spiro atoms. The summed E-state index contributed by atoms with van der Waals surface area (Å²) >= 11 is 0. The van der Waals surface area contributed by atoms with E-state index in [1.165, 1.54) is 34.3 Å². The monoisotopic (exact) mass is 326 g/mol. The van der Waals surface area contributed by atoms with Gasteiger partial charge in [0.25, 0.3) is 0 Å². The van der Waals surface area contributed by atoms with Gasteiger partial charge in [-0.25, -0.2) is 8.78 Å². The number of rotatable bonds is 2. The van der Waals surface area contributed by atoms with E-state index in [0.717, 1.165) is 30.6 Å². The quantitative estimate of drug-likeness (QED) is 0.690. The van der Waals surface area contributed by atoms with Crippen molar-refractivity contribution in [2.45, 2.75) is 19.4 Å². The summed E-state index contributed by atoms with van der Waals surface area (Å²) in [7, 11) is 4.27. The Bertz CT molecular complexity index is 927. The van der Waals surface area contributed by atoms with Crippen LogP contribution in [0.3, 0.4) is 0 Å². The van der Waals surface area contributed by atoms with Crippen molar-refractivity contribution in [3.05, 3.63) is 70.4 Å². The second kappa shape index (κ2) is 5.71. The molecule has 2 heterocycles. The van der Waals surface area contributed by atoms with Gasteiger partial charge in [-0.2, -0.15) is 0 Å². The van der Waals surface area contributed by atoms with E-state index in [0.29, 0.717) is 6.42 Å². The number of hydrogen-bond donors (Lipinski definition) is 0. The predicted molar refractivity (Wildman–Crippen MR) is 92.1 cm³/mol. The van der Waals surface area contributed by atoms with Crippen molar-refractivity contribution in [1.82, 2.24) is 9.47 Å². The first-order valence-corrected chi connectivity index (χ1v) is 8.24. The molecule has 0 radical (unpaired) electrons. The molecule has 0 bridgehead atoms. The van der Waals surface area contributed by atoms with Crippen molar-refractivity contribution in [3.63, 3.8) is 0 Å². The zero-order valence-electron chi connectivity index (χ0n) is 13.9. The lowest BCUT2D eigenvalue weighted by Gasteiger charge is -2.23. The van der Waals surface area contributed by atoms with E-state index in [9.17, 15) is 8.78 Å². The SMILES string of the molecule is CN1CCc2c(c3cc(Cc4ccc(F)c(F)c4)ccc3n2C)C1. The molecule has 3 aromatic rings. The lowest BCUT2D eigenvalue weighted by atomic mass is 10.00. The van der Waals surface area contributed by atoms with Gasteiger partial charge in [0.15, 0.2) is 11.6 Å². The van der Waals surface area contributed by atoms with Crippen molar-refractivity contribution in [1.29, 1.82) is 0 Å². The van der Waals surface area contributed by atoms with E-state index in [1.807, 2.05) is 0 Å². The summed E-state index contributed by atoms with van der Waals surface area (Å²) in [6, 6.07) is 10.6. The molecule has 4 rings (SSSR count). The van der Waals surface area contributed by atoms with Crippen molar-refractivity contribution in [2.24, 2.45) is 7.05 Å². The van der Waals surface area contributed by atoms with Crippen LogP contribution in [-0.4, -0.2) is 23.1 Å². The van der Waals surface area contributed by atoms with Crippen LogP contribution in [-0.2, 0) is 26.4 Å². The molecule has 24 heavy (non-hydrogen) atoms. The van der Waals surface area contributed by atoms with Crippen LogP contribution < -0.4 is 0 Å². The molecule has 1 aliphatic heterocycles. The van der Waals surface area contributed by atoms with Crippen LogP contribution in [0.5, 0.6) is 0 Å². The Morgan fingerprint density at radius 3 is 2.50 bits per heavy atom. The third-order valence-electron chi connectivity index (χ3n) is 5.05. The highest BCUT2D eigenvalue weighted by Crippen LogP contribution is 2.31. The summed E-state index contributed by atoms with van der Waals surface area (Å²) in [5.74, 6) is -1.58. The first-order chi connectivity index (χ1) is 11.5. The van der Waals surface area contributed by atoms with Gasteiger partial charge < -0.3 is 9.47 Å². The fourth-order valence-electron chi connectivity index (χ4n) is 3.76. The van der Waals surface area contributed by atoms with Gasteiger partial charge in [0, 0.05) is 43.2 Å². The van der Waals surface area contributed by atoms with Crippen LogP contribution in [0.15, 0.2) is 36.4 Å². The van der Waals surface area contributed by atoms with Crippen LogP contribution in [0.25, 0.3) is 10.9 Å². The van der Waals surface area contributed by atoms with Crippen LogP contribution >= 0.6 is 0 Å². The molecule has 124 valence electrons. The van der Waals surface area contributed by atoms with E-state index in [2.05, 4.69) is 41.8 Å². The smallest absolute Gasteiger partial charge is 0.159 e. The van der Waals surface area contributed by atoms with Crippen LogP contribution in [0, 0.1) is 11.6 Å². The normalized spacial score (nSPS) is 15.0. The van der Waals surface area contributed by atoms with Gasteiger partial charge in [-0.15, -0.1) is 0 Å². The van der Waals surface area contributed by atoms with Crippen LogP contribution in [0.1, 0.15) is 22.4 Å². The Balaban J connectivity index is 1.75. The van der Waals surface area contributed by atoms with E-state index >= 15 is 0 Å². The van der Waals surface area contributed by atoms with Gasteiger partial charge in [0.1, 0.15) is 0 Å². The number of fused-ring (bicyclic) bond motifs is 3.